The fraction of sp³-hybridized carbons (Fsp3) is 0.267. The molecular weight excluding hydrogens is 266 g/mol. The van der Waals surface area contributed by atoms with Gasteiger partial charge in [-0.15, -0.1) is 0 Å². The summed E-state index contributed by atoms with van der Waals surface area (Å²) in [5, 5.41) is 12.4. The summed E-state index contributed by atoms with van der Waals surface area (Å²) >= 11 is 0. The lowest BCUT2D eigenvalue weighted by Crippen LogP contribution is -2.28. The van der Waals surface area contributed by atoms with Crippen LogP contribution in [0.5, 0.6) is 0 Å². The molecule has 2 heterocycles. The Labute approximate surface area is 122 Å². The van der Waals surface area contributed by atoms with E-state index in [4.69, 9.17) is 0 Å². The van der Waals surface area contributed by atoms with Crippen LogP contribution in [0.15, 0.2) is 48.9 Å². The Hall–Kier alpha value is -2.63. The molecular formula is C15H17N5O. The molecule has 108 valence electrons. The predicted octanol–water partition coefficient (Wildman–Crippen LogP) is 1.44. The predicted molar refractivity (Wildman–Crippen MR) is 79.6 cm³/mol. The number of carbonyl (C=O) groups is 1. The molecule has 0 saturated carbocycles. The van der Waals surface area contributed by atoms with E-state index >= 15 is 0 Å². The molecule has 0 unspecified atom stereocenters. The highest BCUT2D eigenvalue weighted by molar-refractivity contribution is 5.79. The number of aryl methyl sites for hydroxylation is 1. The van der Waals surface area contributed by atoms with Crippen molar-refractivity contribution in [1.82, 2.24) is 24.9 Å². The van der Waals surface area contributed by atoms with Crippen LogP contribution in [-0.4, -0.2) is 32.0 Å². The van der Waals surface area contributed by atoms with Crippen molar-refractivity contribution in [2.24, 2.45) is 0 Å². The van der Waals surface area contributed by atoms with Crippen LogP contribution in [0.1, 0.15) is 6.42 Å². The zero-order chi connectivity index (χ0) is 14.5. The highest BCUT2D eigenvalue weighted by Crippen LogP contribution is 2.12. The van der Waals surface area contributed by atoms with E-state index in [1.54, 1.807) is 10.9 Å². The quantitative estimate of drug-likeness (QED) is 0.744. The first-order chi connectivity index (χ1) is 10.3. The molecule has 0 atom stereocenters. The normalized spacial score (nSPS) is 10.9. The molecule has 1 amide bonds. The molecule has 2 aromatic heterocycles. The number of amides is 1. The van der Waals surface area contributed by atoms with Gasteiger partial charge in [0.15, 0.2) is 0 Å². The van der Waals surface area contributed by atoms with E-state index in [1.165, 1.54) is 0 Å². The first-order valence-corrected chi connectivity index (χ1v) is 6.97. The van der Waals surface area contributed by atoms with E-state index in [1.807, 2.05) is 47.4 Å². The maximum absolute atomic E-state index is 11.8. The van der Waals surface area contributed by atoms with Gasteiger partial charge in [-0.1, -0.05) is 18.2 Å². The van der Waals surface area contributed by atoms with Gasteiger partial charge in [-0.05, 0) is 12.1 Å². The summed E-state index contributed by atoms with van der Waals surface area (Å²) in [6, 6.07) is 9.85. The molecule has 0 aliphatic heterocycles. The number of para-hydroxylation sites is 1. The zero-order valence-electron chi connectivity index (χ0n) is 11.6. The number of nitrogens with one attached hydrogen (secondary N) is 1. The lowest BCUT2D eigenvalue weighted by molar-refractivity contribution is -0.121. The van der Waals surface area contributed by atoms with Crippen molar-refractivity contribution in [3.63, 3.8) is 0 Å². The molecule has 6 heteroatoms. The van der Waals surface area contributed by atoms with E-state index in [0.29, 0.717) is 26.1 Å². The van der Waals surface area contributed by atoms with Gasteiger partial charge in [0.2, 0.25) is 5.91 Å². The SMILES string of the molecule is O=C(CCn1ncc2ccccc21)NCCn1cccn1. The molecule has 0 aliphatic carbocycles. The topological polar surface area (TPSA) is 64.7 Å². The average molecular weight is 283 g/mol. The Morgan fingerprint density at radius 2 is 2.05 bits per heavy atom. The summed E-state index contributed by atoms with van der Waals surface area (Å²) in [7, 11) is 0. The van der Waals surface area contributed by atoms with Crippen molar-refractivity contribution >= 4 is 16.8 Å². The van der Waals surface area contributed by atoms with Gasteiger partial charge in [0.25, 0.3) is 0 Å². The largest absolute Gasteiger partial charge is 0.354 e. The third kappa shape index (κ3) is 3.28. The van der Waals surface area contributed by atoms with Crippen LogP contribution in [0.25, 0.3) is 10.9 Å². The van der Waals surface area contributed by atoms with Crippen LogP contribution in [-0.2, 0) is 17.9 Å². The minimum absolute atomic E-state index is 0.0294. The molecule has 0 bridgehead atoms. The fourth-order valence-corrected chi connectivity index (χ4v) is 2.24. The first-order valence-electron chi connectivity index (χ1n) is 6.97. The molecule has 1 N–H and O–H groups in total. The van der Waals surface area contributed by atoms with Crippen LogP contribution in [0.2, 0.25) is 0 Å². The van der Waals surface area contributed by atoms with Gasteiger partial charge in [-0.3, -0.25) is 14.2 Å². The van der Waals surface area contributed by atoms with E-state index in [2.05, 4.69) is 15.5 Å². The number of benzene rings is 1. The second-order valence-corrected chi connectivity index (χ2v) is 4.80. The van der Waals surface area contributed by atoms with Gasteiger partial charge >= 0.3 is 0 Å². The Morgan fingerprint density at radius 1 is 1.14 bits per heavy atom. The van der Waals surface area contributed by atoms with E-state index in [0.717, 1.165) is 10.9 Å². The average Bonchev–Trinajstić information content (AvgIpc) is 3.14. The van der Waals surface area contributed by atoms with E-state index in [-0.39, 0.29) is 5.91 Å². The molecule has 0 fully saturated rings. The van der Waals surface area contributed by atoms with E-state index in [9.17, 15) is 4.79 Å². The number of hydrogen-bond acceptors (Lipinski definition) is 3. The van der Waals surface area contributed by atoms with Gasteiger partial charge < -0.3 is 5.32 Å². The minimum atomic E-state index is 0.0294. The molecule has 1 aromatic carbocycles. The highest BCUT2D eigenvalue weighted by atomic mass is 16.1. The maximum Gasteiger partial charge on any atom is 0.221 e. The van der Waals surface area contributed by atoms with E-state index < -0.39 is 0 Å². The smallest absolute Gasteiger partial charge is 0.221 e. The standard InChI is InChI=1S/C15H17N5O/c21-15(16-8-11-19-9-3-7-17-19)6-10-20-14-5-2-1-4-13(14)12-18-20/h1-5,7,9,12H,6,8,10-11H2,(H,16,21). The Balaban J connectivity index is 1.47. The number of fused-ring (bicyclic) bond motifs is 1. The van der Waals surface area contributed by atoms with Crippen LogP contribution in [0, 0.1) is 0 Å². The summed E-state index contributed by atoms with van der Waals surface area (Å²) < 4.78 is 3.66. The fourth-order valence-electron chi connectivity index (χ4n) is 2.24. The third-order valence-corrected chi connectivity index (χ3v) is 3.32. The Bertz CT molecular complexity index is 717. The number of aromatic nitrogens is 4. The molecule has 3 aromatic rings. The van der Waals surface area contributed by atoms with Gasteiger partial charge in [0.1, 0.15) is 0 Å². The van der Waals surface area contributed by atoms with Crippen LogP contribution >= 0.6 is 0 Å². The van der Waals surface area contributed by atoms with Crippen molar-refractivity contribution in [2.75, 3.05) is 6.54 Å². The summed E-state index contributed by atoms with van der Waals surface area (Å²) in [5.41, 5.74) is 1.06. The number of rotatable bonds is 6. The molecule has 3 rings (SSSR count). The van der Waals surface area contributed by atoms with Crippen molar-refractivity contribution in [2.45, 2.75) is 19.5 Å². The first kappa shape index (κ1) is 13.4. The van der Waals surface area contributed by atoms with Crippen LogP contribution < -0.4 is 5.32 Å². The third-order valence-electron chi connectivity index (χ3n) is 3.32. The number of carbonyl (C=O) groups excluding carboxylic acids is 1. The van der Waals surface area contributed by atoms with Crippen LogP contribution in [0.4, 0.5) is 0 Å². The molecule has 0 saturated heterocycles. The van der Waals surface area contributed by atoms with Crippen molar-refractivity contribution < 1.29 is 4.79 Å². The maximum atomic E-state index is 11.8. The monoisotopic (exact) mass is 283 g/mol. The molecule has 6 nitrogen and oxygen atoms in total. The lowest BCUT2D eigenvalue weighted by Gasteiger charge is -2.06. The van der Waals surface area contributed by atoms with Crippen molar-refractivity contribution in [1.29, 1.82) is 0 Å². The number of nitrogens with zero attached hydrogens (tertiary/aromatic N) is 4. The van der Waals surface area contributed by atoms with Gasteiger partial charge in [-0.2, -0.15) is 10.2 Å². The summed E-state index contributed by atoms with van der Waals surface area (Å²) in [5.74, 6) is 0.0294. The van der Waals surface area contributed by atoms with Gasteiger partial charge in [0, 0.05) is 30.7 Å². The Kier molecular flexibility index (Phi) is 3.95. The Morgan fingerprint density at radius 3 is 2.90 bits per heavy atom. The zero-order valence-corrected chi connectivity index (χ0v) is 11.6. The summed E-state index contributed by atoms with van der Waals surface area (Å²) in [6.07, 6.45) is 5.85. The summed E-state index contributed by atoms with van der Waals surface area (Å²) in [4.78, 5) is 11.8. The second-order valence-electron chi connectivity index (χ2n) is 4.80. The lowest BCUT2D eigenvalue weighted by atomic mass is 10.2. The minimum Gasteiger partial charge on any atom is -0.354 e. The molecule has 0 radical (unpaired) electrons. The highest BCUT2D eigenvalue weighted by Gasteiger charge is 2.05. The van der Waals surface area contributed by atoms with Gasteiger partial charge in [0.05, 0.1) is 24.8 Å². The van der Waals surface area contributed by atoms with Crippen molar-refractivity contribution in [3.05, 3.63) is 48.9 Å². The van der Waals surface area contributed by atoms with Gasteiger partial charge in [-0.25, -0.2) is 0 Å². The molecule has 0 spiro atoms. The molecule has 0 aliphatic rings. The van der Waals surface area contributed by atoms with Crippen LogP contribution in [0.3, 0.4) is 0 Å². The molecule has 21 heavy (non-hydrogen) atoms. The number of hydrogen-bond donors (Lipinski definition) is 1. The summed E-state index contributed by atoms with van der Waals surface area (Å²) in [6.45, 7) is 1.85. The second kappa shape index (κ2) is 6.21. The van der Waals surface area contributed by atoms with Crippen molar-refractivity contribution in [3.8, 4) is 0 Å².